The van der Waals surface area contributed by atoms with E-state index < -0.39 is 0 Å². The summed E-state index contributed by atoms with van der Waals surface area (Å²) in [6.45, 7) is 3.18. The third-order valence-corrected chi connectivity index (χ3v) is 3.39. The second-order valence-electron chi connectivity index (χ2n) is 4.66. The van der Waals surface area contributed by atoms with E-state index in [4.69, 9.17) is 9.84 Å². The van der Waals surface area contributed by atoms with E-state index >= 15 is 0 Å². The molecule has 1 aromatic carbocycles. The Kier molecular flexibility index (Phi) is 4.33. The molecule has 4 heteroatoms. The lowest BCUT2D eigenvalue weighted by Gasteiger charge is -2.14. The molecule has 0 aliphatic carbocycles. The number of carbonyl (C=O) groups excluding carboxylic acids is 1. The van der Waals surface area contributed by atoms with Gasteiger partial charge in [-0.2, -0.15) is 0 Å². The average molecular weight is 249 g/mol. The van der Waals surface area contributed by atoms with E-state index in [0.717, 1.165) is 17.5 Å². The van der Waals surface area contributed by atoms with E-state index in [2.05, 4.69) is 5.32 Å². The highest BCUT2D eigenvalue weighted by Crippen LogP contribution is 2.20. The molecule has 0 bridgehead atoms. The molecular weight excluding hydrogens is 230 g/mol. The van der Waals surface area contributed by atoms with Crippen LogP contribution in [0.15, 0.2) is 24.3 Å². The molecule has 1 fully saturated rings. The number of aliphatic hydroxyl groups is 1. The average Bonchev–Trinajstić information content (AvgIpc) is 2.83. The van der Waals surface area contributed by atoms with Crippen LogP contribution < -0.4 is 5.32 Å². The van der Waals surface area contributed by atoms with Gasteiger partial charge in [-0.1, -0.05) is 24.3 Å². The van der Waals surface area contributed by atoms with E-state index in [0.29, 0.717) is 13.2 Å². The molecule has 0 spiro atoms. The Morgan fingerprint density at radius 1 is 1.39 bits per heavy atom. The van der Waals surface area contributed by atoms with Gasteiger partial charge in [-0.15, -0.1) is 0 Å². The Morgan fingerprint density at radius 2 is 2.06 bits per heavy atom. The number of benzene rings is 1. The summed E-state index contributed by atoms with van der Waals surface area (Å²) in [6.07, 6.45) is 0.818. The van der Waals surface area contributed by atoms with E-state index in [-0.39, 0.29) is 24.5 Å². The molecule has 98 valence electrons. The third-order valence-electron chi connectivity index (χ3n) is 3.39. The van der Waals surface area contributed by atoms with E-state index in [9.17, 15) is 4.79 Å². The van der Waals surface area contributed by atoms with Crippen LogP contribution >= 0.6 is 0 Å². The highest BCUT2D eigenvalue weighted by atomic mass is 16.5. The molecule has 0 saturated carbocycles. The molecule has 0 radical (unpaired) electrons. The van der Waals surface area contributed by atoms with Gasteiger partial charge in [-0.3, -0.25) is 4.79 Å². The fraction of sp³-hybridized carbons (Fsp3) is 0.500. The maximum absolute atomic E-state index is 11.9. The van der Waals surface area contributed by atoms with Crippen LogP contribution in [0.3, 0.4) is 0 Å². The normalized spacial score (nSPS) is 23.0. The van der Waals surface area contributed by atoms with Gasteiger partial charge >= 0.3 is 0 Å². The first-order valence-corrected chi connectivity index (χ1v) is 6.28. The second-order valence-corrected chi connectivity index (χ2v) is 4.66. The van der Waals surface area contributed by atoms with Crippen molar-refractivity contribution in [1.29, 1.82) is 0 Å². The van der Waals surface area contributed by atoms with Gasteiger partial charge in [0.15, 0.2) is 0 Å². The van der Waals surface area contributed by atoms with Gasteiger partial charge < -0.3 is 15.2 Å². The van der Waals surface area contributed by atoms with Crippen molar-refractivity contribution in [3.63, 3.8) is 0 Å². The zero-order valence-electron chi connectivity index (χ0n) is 10.6. The fourth-order valence-electron chi connectivity index (χ4n) is 2.16. The van der Waals surface area contributed by atoms with Crippen LogP contribution in [0.4, 0.5) is 0 Å². The molecular formula is C14H19NO3. The Morgan fingerprint density at radius 3 is 2.61 bits per heavy atom. The fourth-order valence-corrected chi connectivity index (χ4v) is 2.16. The molecule has 2 rings (SSSR count). The monoisotopic (exact) mass is 249 g/mol. The number of aliphatic hydroxyl groups excluding tert-OH is 1. The van der Waals surface area contributed by atoms with Gasteiger partial charge in [-0.05, 0) is 24.5 Å². The summed E-state index contributed by atoms with van der Waals surface area (Å²) in [6, 6.07) is 7.56. The van der Waals surface area contributed by atoms with Crippen molar-refractivity contribution in [2.45, 2.75) is 32.6 Å². The minimum absolute atomic E-state index is 0.0155. The lowest BCUT2D eigenvalue weighted by molar-refractivity contribution is -0.126. The lowest BCUT2D eigenvalue weighted by atomic mass is 10.0. The molecule has 2 N–H and O–H groups in total. The van der Waals surface area contributed by atoms with E-state index in [1.54, 1.807) is 0 Å². The van der Waals surface area contributed by atoms with Crippen LogP contribution in [-0.4, -0.2) is 23.7 Å². The summed E-state index contributed by atoms with van der Waals surface area (Å²) in [4.78, 5) is 11.9. The number of hydrogen-bond donors (Lipinski definition) is 2. The van der Waals surface area contributed by atoms with E-state index in [1.165, 1.54) is 0 Å². The number of nitrogens with one attached hydrogen (secondary N) is 1. The standard InChI is InChI=1S/C14H19NO3/c1-10-13(6-7-18-10)14(17)15-8-11-2-4-12(9-16)5-3-11/h2-5,10,13,16H,6-9H2,1H3,(H,15,17). The first-order valence-electron chi connectivity index (χ1n) is 6.28. The first kappa shape index (κ1) is 13.1. The van der Waals surface area contributed by atoms with Gasteiger partial charge in [0, 0.05) is 13.2 Å². The van der Waals surface area contributed by atoms with Crippen LogP contribution in [0.25, 0.3) is 0 Å². The van der Waals surface area contributed by atoms with Crippen molar-refractivity contribution < 1.29 is 14.6 Å². The van der Waals surface area contributed by atoms with Crippen LogP contribution in [0.2, 0.25) is 0 Å². The molecule has 2 atom stereocenters. The van der Waals surface area contributed by atoms with Crippen LogP contribution in [-0.2, 0) is 22.7 Å². The molecule has 1 aliphatic rings. The van der Waals surface area contributed by atoms with Crippen molar-refractivity contribution in [2.75, 3.05) is 6.61 Å². The molecule has 1 heterocycles. The molecule has 1 saturated heterocycles. The molecule has 1 amide bonds. The van der Waals surface area contributed by atoms with Crippen molar-refractivity contribution in [1.82, 2.24) is 5.32 Å². The van der Waals surface area contributed by atoms with E-state index in [1.807, 2.05) is 31.2 Å². The zero-order valence-corrected chi connectivity index (χ0v) is 10.6. The minimum atomic E-state index is -0.0262. The molecule has 2 unspecified atom stereocenters. The van der Waals surface area contributed by atoms with Crippen molar-refractivity contribution >= 4 is 5.91 Å². The Hall–Kier alpha value is -1.39. The smallest absolute Gasteiger partial charge is 0.226 e. The summed E-state index contributed by atoms with van der Waals surface area (Å²) in [5.74, 6) is 0.0351. The predicted octanol–water partition coefficient (Wildman–Crippen LogP) is 1.22. The number of rotatable bonds is 4. The SMILES string of the molecule is CC1OCCC1C(=O)NCc1ccc(CO)cc1. The maximum atomic E-state index is 11.9. The van der Waals surface area contributed by atoms with Gasteiger partial charge in [0.05, 0.1) is 18.6 Å². The van der Waals surface area contributed by atoms with Gasteiger partial charge in [0.1, 0.15) is 0 Å². The number of amides is 1. The van der Waals surface area contributed by atoms with Crippen LogP contribution in [0.5, 0.6) is 0 Å². The predicted molar refractivity (Wildman–Crippen MR) is 67.7 cm³/mol. The number of ether oxygens (including phenoxy) is 1. The summed E-state index contributed by atoms with van der Waals surface area (Å²) in [7, 11) is 0. The molecule has 18 heavy (non-hydrogen) atoms. The Balaban J connectivity index is 1.85. The second kappa shape index (κ2) is 5.98. The molecule has 1 aliphatic heterocycles. The first-order chi connectivity index (χ1) is 8.70. The summed E-state index contributed by atoms with van der Waals surface area (Å²) in [5.41, 5.74) is 1.91. The van der Waals surface area contributed by atoms with Crippen molar-refractivity contribution in [2.24, 2.45) is 5.92 Å². The third kappa shape index (κ3) is 3.09. The van der Waals surface area contributed by atoms with Crippen molar-refractivity contribution in [3.8, 4) is 0 Å². The Bertz CT molecular complexity index is 402. The van der Waals surface area contributed by atoms with Crippen molar-refractivity contribution in [3.05, 3.63) is 35.4 Å². The summed E-state index contributed by atoms with van der Waals surface area (Å²) >= 11 is 0. The number of hydrogen-bond acceptors (Lipinski definition) is 3. The van der Waals surface area contributed by atoms with Gasteiger partial charge in [0.2, 0.25) is 5.91 Å². The van der Waals surface area contributed by atoms with Gasteiger partial charge in [-0.25, -0.2) is 0 Å². The summed E-state index contributed by atoms with van der Waals surface area (Å²) < 4.78 is 5.38. The quantitative estimate of drug-likeness (QED) is 0.843. The number of carbonyl (C=O) groups is 1. The van der Waals surface area contributed by atoms with Gasteiger partial charge in [0.25, 0.3) is 0 Å². The lowest BCUT2D eigenvalue weighted by Crippen LogP contribution is -2.33. The van der Waals surface area contributed by atoms with Crippen LogP contribution in [0.1, 0.15) is 24.5 Å². The highest BCUT2D eigenvalue weighted by molar-refractivity contribution is 5.79. The zero-order chi connectivity index (χ0) is 13.0. The largest absolute Gasteiger partial charge is 0.392 e. The topological polar surface area (TPSA) is 58.6 Å². The molecule has 4 nitrogen and oxygen atoms in total. The maximum Gasteiger partial charge on any atom is 0.226 e. The molecule has 1 aromatic rings. The summed E-state index contributed by atoms with van der Waals surface area (Å²) in [5, 5.41) is 11.9. The minimum Gasteiger partial charge on any atom is -0.392 e. The molecule has 0 aromatic heterocycles. The van der Waals surface area contributed by atoms with Crippen LogP contribution in [0, 0.1) is 5.92 Å². The Labute approximate surface area is 107 Å². The highest BCUT2D eigenvalue weighted by Gasteiger charge is 2.30.